The first kappa shape index (κ1) is 13.6. The number of hydrogen-bond acceptors (Lipinski definition) is 4. The van der Waals surface area contributed by atoms with Crippen molar-refractivity contribution in [3.05, 3.63) is 12.2 Å². The van der Waals surface area contributed by atoms with Crippen molar-refractivity contribution in [1.82, 2.24) is 5.06 Å². The van der Waals surface area contributed by atoms with E-state index < -0.39 is 11.9 Å². The highest BCUT2D eigenvalue weighted by molar-refractivity contribution is 5.93. The van der Waals surface area contributed by atoms with Gasteiger partial charge in [0.2, 0.25) is 0 Å². The number of rotatable bonds is 7. The fourth-order valence-corrected chi connectivity index (χ4v) is 0.921. The molecule has 0 heterocycles. The highest BCUT2D eigenvalue weighted by Gasteiger charge is 2.06. The molecule has 15 heavy (non-hydrogen) atoms. The number of amides is 1. The third-order valence-electron chi connectivity index (χ3n) is 1.70. The maximum atomic E-state index is 11.0. The lowest BCUT2D eigenvalue weighted by molar-refractivity contribution is -0.159. The van der Waals surface area contributed by atoms with E-state index in [1.165, 1.54) is 0 Å². The van der Waals surface area contributed by atoms with Crippen molar-refractivity contribution in [3.8, 4) is 0 Å². The van der Waals surface area contributed by atoms with Crippen molar-refractivity contribution < 1.29 is 19.9 Å². The van der Waals surface area contributed by atoms with Gasteiger partial charge >= 0.3 is 5.97 Å². The van der Waals surface area contributed by atoms with E-state index in [0.717, 1.165) is 18.9 Å². The molecule has 1 amide bonds. The smallest absolute Gasteiger partial charge is 0.328 e. The first-order valence-electron chi connectivity index (χ1n) is 4.69. The molecule has 0 aromatic heterocycles. The van der Waals surface area contributed by atoms with E-state index in [0.29, 0.717) is 24.1 Å². The molecule has 0 atom stereocenters. The Morgan fingerprint density at radius 3 is 2.40 bits per heavy atom. The number of carboxylic acid groups (broad SMARTS) is 1. The third kappa shape index (κ3) is 7.65. The van der Waals surface area contributed by atoms with E-state index in [4.69, 9.17) is 16.0 Å². The van der Waals surface area contributed by atoms with Crippen molar-refractivity contribution in [1.29, 1.82) is 0 Å². The summed E-state index contributed by atoms with van der Waals surface area (Å²) in [5.41, 5.74) is 5.27. The van der Waals surface area contributed by atoms with E-state index in [1.807, 2.05) is 0 Å². The molecule has 0 saturated heterocycles. The van der Waals surface area contributed by atoms with Crippen LogP contribution in [0.1, 0.15) is 19.3 Å². The molecular formula is C9H16N2O4. The molecule has 6 heteroatoms. The summed E-state index contributed by atoms with van der Waals surface area (Å²) in [6.07, 6.45) is 3.80. The Morgan fingerprint density at radius 2 is 1.87 bits per heavy atom. The quantitative estimate of drug-likeness (QED) is 0.240. The van der Waals surface area contributed by atoms with Gasteiger partial charge in [0.25, 0.3) is 5.91 Å². The Hall–Kier alpha value is -1.40. The van der Waals surface area contributed by atoms with E-state index in [1.54, 1.807) is 0 Å². The van der Waals surface area contributed by atoms with Crippen LogP contribution in [0.4, 0.5) is 0 Å². The van der Waals surface area contributed by atoms with Crippen molar-refractivity contribution >= 4 is 11.9 Å². The summed E-state index contributed by atoms with van der Waals surface area (Å²) in [5.74, 6) is -1.95. The average Bonchev–Trinajstić information content (AvgIpc) is 2.20. The zero-order chi connectivity index (χ0) is 11.7. The molecule has 0 spiro atoms. The topological polar surface area (TPSA) is 104 Å². The van der Waals surface area contributed by atoms with Crippen LogP contribution in [-0.2, 0) is 9.59 Å². The summed E-state index contributed by atoms with van der Waals surface area (Å²) in [4.78, 5) is 21.1. The number of carbonyl (C=O) groups is 2. The van der Waals surface area contributed by atoms with Crippen LogP contribution in [0.3, 0.4) is 0 Å². The van der Waals surface area contributed by atoms with E-state index in [-0.39, 0.29) is 6.54 Å². The van der Waals surface area contributed by atoms with Gasteiger partial charge in [-0.25, -0.2) is 9.86 Å². The minimum Gasteiger partial charge on any atom is -0.478 e. The second kappa shape index (κ2) is 7.95. The molecule has 0 unspecified atom stereocenters. The van der Waals surface area contributed by atoms with Gasteiger partial charge in [-0.3, -0.25) is 10.0 Å². The fraction of sp³-hybridized carbons (Fsp3) is 0.556. The average molecular weight is 216 g/mol. The molecule has 0 fully saturated rings. The molecular weight excluding hydrogens is 200 g/mol. The molecule has 4 N–H and O–H groups in total. The number of unbranched alkanes of at least 4 members (excludes halogenated alkanes) is 2. The van der Waals surface area contributed by atoms with Gasteiger partial charge in [-0.05, 0) is 19.4 Å². The standard InChI is InChI=1S/C9H16N2O4/c10-6-2-1-3-7-11(15)8(12)4-5-9(13)14/h4-5,15H,1-3,6-7,10H2,(H,13,14). The molecule has 0 radical (unpaired) electrons. The Balaban J connectivity index is 3.74. The highest BCUT2D eigenvalue weighted by Crippen LogP contribution is 1.96. The SMILES string of the molecule is NCCCCCN(O)C(=O)C=CC(=O)O. The van der Waals surface area contributed by atoms with Gasteiger partial charge in [0, 0.05) is 18.7 Å². The highest BCUT2D eigenvalue weighted by atomic mass is 16.5. The summed E-state index contributed by atoms with van der Waals surface area (Å²) >= 11 is 0. The van der Waals surface area contributed by atoms with Crippen LogP contribution >= 0.6 is 0 Å². The third-order valence-corrected chi connectivity index (χ3v) is 1.70. The number of nitrogens with two attached hydrogens (primary N) is 1. The van der Waals surface area contributed by atoms with E-state index in [9.17, 15) is 9.59 Å². The lowest BCUT2D eigenvalue weighted by Gasteiger charge is -2.11. The Labute approximate surface area is 87.9 Å². The number of carbonyl (C=O) groups excluding carboxylic acids is 1. The van der Waals surface area contributed by atoms with Crippen molar-refractivity contribution in [2.75, 3.05) is 13.1 Å². The van der Waals surface area contributed by atoms with Crippen LogP contribution < -0.4 is 5.73 Å². The molecule has 0 aromatic rings. The van der Waals surface area contributed by atoms with Gasteiger partial charge < -0.3 is 10.8 Å². The summed E-state index contributed by atoms with van der Waals surface area (Å²) in [5, 5.41) is 17.9. The molecule has 0 aromatic carbocycles. The largest absolute Gasteiger partial charge is 0.478 e. The molecule has 0 bridgehead atoms. The Bertz CT molecular complexity index is 240. The van der Waals surface area contributed by atoms with Crippen molar-refractivity contribution in [2.45, 2.75) is 19.3 Å². The summed E-state index contributed by atoms with van der Waals surface area (Å²) in [7, 11) is 0. The zero-order valence-electron chi connectivity index (χ0n) is 8.43. The number of hydroxylamine groups is 2. The number of hydrogen-bond donors (Lipinski definition) is 3. The maximum absolute atomic E-state index is 11.0. The fourth-order valence-electron chi connectivity index (χ4n) is 0.921. The lowest BCUT2D eigenvalue weighted by atomic mass is 10.2. The number of carboxylic acids is 1. The molecule has 0 rings (SSSR count). The van der Waals surface area contributed by atoms with Gasteiger partial charge in [-0.15, -0.1) is 0 Å². The minimum atomic E-state index is -1.22. The van der Waals surface area contributed by atoms with Crippen LogP contribution in [0.25, 0.3) is 0 Å². The molecule has 0 aliphatic carbocycles. The lowest BCUT2D eigenvalue weighted by Crippen LogP contribution is -2.26. The number of nitrogens with zero attached hydrogens (tertiary/aromatic N) is 1. The second-order valence-electron chi connectivity index (χ2n) is 2.98. The van der Waals surface area contributed by atoms with Crippen LogP contribution in [0, 0.1) is 0 Å². The second-order valence-corrected chi connectivity index (χ2v) is 2.98. The molecule has 6 nitrogen and oxygen atoms in total. The minimum absolute atomic E-state index is 0.183. The Morgan fingerprint density at radius 1 is 1.20 bits per heavy atom. The maximum Gasteiger partial charge on any atom is 0.328 e. The molecule has 86 valence electrons. The first-order chi connectivity index (χ1) is 7.07. The van der Waals surface area contributed by atoms with Gasteiger partial charge in [0.05, 0.1) is 0 Å². The predicted octanol–water partition coefficient (Wildman–Crippen LogP) is -0.0260. The number of aliphatic carboxylic acids is 1. The van der Waals surface area contributed by atoms with Crippen LogP contribution in [0.2, 0.25) is 0 Å². The van der Waals surface area contributed by atoms with Crippen molar-refractivity contribution in [3.63, 3.8) is 0 Å². The summed E-state index contributed by atoms with van der Waals surface area (Å²) < 4.78 is 0. The van der Waals surface area contributed by atoms with E-state index >= 15 is 0 Å². The zero-order valence-corrected chi connectivity index (χ0v) is 8.43. The Kier molecular flexibility index (Phi) is 7.21. The first-order valence-corrected chi connectivity index (χ1v) is 4.69. The van der Waals surface area contributed by atoms with E-state index in [2.05, 4.69) is 0 Å². The van der Waals surface area contributed by atoms with Crippen LogP contribution in [0.5, 0.6) is 0 Å². The summed E-state index contributed by atoms with van der Waals surface area (Å²) in [6.45, 7) is 0.765. The van der Waals surface area contributed by atoms with Crippen LogP contribution in [-0.4, -0.2) is 40.3 Å². The van der Waals surface area contributed by atoms with Gasteiger partial charge in [-0.1, -0.05) is 6.42 Å². The molecule has 0 aliphatic rings. The normalized spacial score (nSPS) is 10.5. The van der Waals surface area contributed by atoms with Gasteiger partial charge in [0.15, 0.2) is 0 Å². The molecule has 0 aliphatic heterocycles. The monoisotopic (exact) mass is 216 g/mol. The molecule has 0 saturated carbocycles. The summed E-state index contributed by atoms with van der Waals surface area (Å²) in [6, 6.07) is 0. The van der Waals surface area contributed by atoms with Crippen LogP contribution in [0.15, 0.2) is 12.2 Å². The van der Waals surface area contributed by atoms with Crippen molar-refractivity contribution in [2.24, 2.45) is 5.73 Å². The van der Waals surface area contributed by atoms with Gasteiger partial charge in [-0.2, -0.15) is 0 Å². The van der Waals surface area contributed by atoms with Gasteiger partial charge in [0.1, 0.15) is 0 Å². The predicted molar refractivity (Wildman–Crippen MR) is 53.2 cm³/mol.